The van der Waals surface area contributed by atoms with E-state index in [4.69, 9.17) is 11.6 Å². The van der Waals surface area contributed by atoms with Crippen LogP contribution in [-0.2, 0) is 17.6 Å². The van der Waals surface area contributed by atoms with Crippen LogP contribution >= 0.6 is 22.9 Å². The molecule has 0 amide bonds. The van der Waals surface area contributed by atoms with E-state index in [1.807, 2.05) is 24.3 Å². The number of aromatic nitrogens is 2. The lowest BCUT2D eigenvalue weighted by molar-refractivity contribution is 0.0663. The summed E-state index contributed by atoms with van der Waals surface area (Å²) in [5.41, 5.74) is 1.16. The van der Waals surface area contributed by atoms with Crippen molar-refractivity contribution in [2.75, 3.05) is 0 Å². The van der Waals surface area contributed by atoms with Crippen molar-refractivity contribution in [3.63, 3.8) is 0 Å². The fraction of sp³-hybridized carbons (Fsp3) is 0.154. The summed E-state index contributed by atoms with van der Waals surface area (Å²) in [6, 6.07) is 7.64. The van der Waals surface area contributed by atoms with Gasteiger partial charge in [-0.15, -0.1) is 10.2 Å². The Kier molecular flexibility index (Phi) is 4.65. The molecule has 98 valence electrons. The van der Waals surface area contributed by atoms with Crippen LogP contribution in [0.4, 0.5) is 0 Å². The van der Waals surface area contributed by atoms with Gasteiger partial charge in [-0.05, 0) is 24.1 Å². The third-order valence-corrected chi connectivity index (χ3v) is 3.59. The molecule has 0 aliphatic carbocycles. The minimum absolute atomic E-state index is 0.242. The molecule has 19 heavy (non-hydrogen) atoms. The number of aryl methyl sites for hydroxylation is 2. The smallest absolute Gasteiger partial charge is 0.374 e. The van der Waals surface area contributed by atoms with Crippen LogP contribution in [0.25, 0.3) is 0 Å². The number of benzene rings is 1. The molecule has 2 aromatic rings. The first-order valence-corrected chi connectivity index (χ1v) is 6.77. The summed E-state index contributed by atoms with van der Waals surface area (Å²) in [7, 11) is 0. The average molecular weight is 295 g/mol. The number of esters is 1. The highest BCUT2D eigenvalue weighted by atomic mass is 35.5. The second-order valence-electron chi connectivity index (χ2n) is 3.70. The van der Waals surface area contributed by atoms with E-state index in [0.29, 0.717) is 5.02 Å². The van der Waals surface area contributed by atoms with Crippen molar-refractivity contribution in [1.29, 1.82) is 0 Å². The Morgan fingerprint density at radius 2 is 2.05 bits per heavy atom. The largest absolute Gasteiger partial charge is 0.430 e. The summed E-state index contributed by atoms with van der Waals surface area (Å²) in [5.74, 6) is -0.523. The Labute approximate surface area is 119 Å². The Balaban J connectivity index is 1.95. The Hall–Kier alpha value is -1.72. The minimum Gasteiger partial charge on any atom is -0.430 e. The molecular formula is C13H11ClN2O2S. The fourth-order valence-electron chi connectivity index (χ4n) is 1.47. The Morgan fingerprint density at radius 3 is 2.74 bits per heavy atom. The van der Waals surface area contributed by atoms with E-state index in [-0.39, 0.29) is 5.01 Å². The molecule has 0 saturated carbocycles. The second kappa shape index (κ2) is 6.45. The van der Waals surface area contributed by atoms with Gasteiger partial charge in [0.2, 0.25) is 5.01 Å². The van der Waals surface area contributed by atoms with Crippen molar-refractivity contribution in [2.24, 2.45) is 0 Å². The standard InChI is InChI=1S/C13H11ClN2O2S/c1-2-18-13(17)12-16-15-11(19-12)8-5-9-3-6-10(14)7-4-9/h2-4,6-7H,1,5,8H2. The molecule has 0 fully saturated rings. The first kappa shape index (κ1) is 13.7. The van der Waals surface area contributed by atoms with Crippen LogP contribution in [0.5, 0.6) is 0 Å². The van der Waals surface area contributed by atoms with Crippen molar-refractivity contribution in [1.82, 2.24) is 10.2 Å². The van der Waals surface area contributed by atoms with E-state index >= 15 is 0 Å². The highest BCUT2D eigenvalue weighted by Crippen LogP contribution is 2.15. The molecule has 0 bridgehead atoms. The van der Waals surface area contributed by atoms with Crippen molar-refractivity contribution in [3.05, 3.63) is 57.7 Å². The van der Waals surface area contributed by atoms with Gasteiger partial charge in [0, 0.05) is 11.4 Å². The van der Waals surface area contributed by atoms with Crippen molar-refractivity contribution in [2.45, 2.75) is 12.8 Å². The first-order chi connectivity index (χ1) is 9.19. The van der Waals surface area contributed by atoms with Gasteiger partial charge in [-0.1, -0.05) is 41.6 Å². The molecule has 2 rings (SSSR count). The zero-order chi connectivity index (χ0) is 13.7. The van der Waals surface area contributed by atoms with Crippen LogP contribution in [0.3, 0.4) is 0 Å². The van der Waals surface area contributed by atoms with Crippen LogP contribution in [-0.4, -0.2) is 16.2 Å². The highest BCUT2D eigenvalue weighted by molar-refractivity contribution is 7.13. The molecule has 0 N–H and O–H groups in total. The monoisotopic (exact) mass is 294 g/mol. The number of hydrogen-bond donors (Lipinski definition) is 0. The molecular weight excluding hydrogens is 284 g/mol. The molecule has 0 radical (unpaired) electrons. The number of carbonyl (C=O) groups is 1. The normalized spacial score (nSPS) is 10.2. The number of nitrogens with zero attached hydrogens (tertiary/aromatic N) is 2. The zero-order valence-electron chi connectivity index (χ0n) is 10.0. The molecule has 1 aromatic carbocycles. The lowest BCUT2D eigenvalue weighted by Crippen LogP contribution is -1.98. The number of halogens is 1. The summed E-state index contributed by atoms with van der Waals surface area (Å²) in [6.45, 7) is 3.32. The average Bonchev–Trinajstić information content (AvgIpc) is 2.87. The molecule has 1 aromatic heterocycles. The van der Waals surface area contributed by atoms with Gasteiger partial charge >= 0.3 is 5.97 Å². The maximum atomic E-state index is 11.4. The molecule has 0 saturated heterocycles. The molecule has 0 atom stereocenters. The predicted octanol–water partition coefficient (Wildman–Crippen LogP) is 3.28. The summed E-state index contributed by atoms with van der Waals surface area (Å²) < 4.78 is 4.64. The van der Waals surface area contributed by atoms with Gasteiger partial charge in [0.25, 0.3) is 0 Å². The minimum atomic E-state index is -0.523. The van der Waals surface area contributed by atoms with Crippen molar-refractivity contribution in [3.8, 4) is 0 Å². The van der Waals surface area contributed by atoms with Gasteiger partial charge in [-0.3, -0.25) is 0 Å². The van der Waals surface area contributed by atoms with Gasteiger partial charge in [-0.25, -0.2) is 4.79 Å². The molecule has 0 aliphatic heterocycles. The Bertz CT molecular complexity index is 581. The predicted molar refractivity (Wildman–Crippen MR) is 74.4 cm³/mol. The van der Waals surface area contributed by atoms with E-state index in [1.165, 1.54) is 11.3 Å². The second-order valence-corrected chi connectivity index (χ2v) is 5.20. The fourth-order valence-corrected chi connectivity index (χ4v) is 2.31. The van der Waals surface area contributed by atoms with Crippen LogP contribution < -0.4 is 0 Å². The van der Waals surface area contributed by atoms with Gasteiger partial charge < -0.3 is 4.74 Å². The third-order valence-electron chi connectivity index (χ3n) is 2.37. The van der Waals surface area contributed by atoms with E-state index in [1.54, 1.807) is 0 Å². The quantitative estimate of drug-likeness (QED) is 0.627. The molecule has 1 heterocycles. The van der Waals surface area contributed by atoms with E-state index in [0.717, 1.165) is 29.7 Å². The highest BCUT2D eigenvalue weighted by Gasteiger charge is 2.13. The molecule has 0 spiro atoms. The maximum absolute atomic E-state index is 11.4. The van der Waals surface area contributed by atoms with Gasteiger partial charge in [-0.2, -0.15) is 0 Å². The van der Waals surface area contributed by atoms with Crippen LogP contribution in [0, 0.1) is 0 Å². The van der Waals surface area contributed by atoms with Gasteiger partial charge in [0.1, 0.15) is 5.01 Å². The molecule has 6 heteroatoms. The van der Waals surface area contributed by atoms with Crippen LogP contribution in [0.15, 0.2) is 37.1 Å². The van der Waals surface area contributed by atoms with E-state index < -0.39 is 5.97 Å². The Morgan fingerprint density at radius 1 is 1.32 bits per heavy atom. The summed E-state index contributed by atoms with van der Waals surface area (Å²) in [5, 5.41) is 9.50. The van der Waals surface area contributed by atoms with Gasteiger partial charge in [0.15, 0.2) is 0 Å². The van der Waals surface area contributed by atoms with E-state index in [2.05, 4.69) is 21.5 Å². The maximum Gasteiger partial charge on any atom is 0.374 e. The molecule has 4 nitrogen and oxygen atoms in total. The van der Waals surface area contributed by atoms with Crippen LogP contribution in [0.2, 0.25) is 5.02 Å². The zero-order valence-corrected chi connectivity index (χ0v) is 11.6. The summed E-state index contributed by atoms with van der Waals surface area (Å²) in [6.07, 6.45) is 2.63. The summed E-state index contributed by atoms with van der Waals surface area (Å²) >= 11 is 7.05. The SMILES string of the molecule is C=COC(=O)c1nnc(CCc2ccc(Cl)cc2)s1. The first-order valence-electron chi connectivity index (χ1n) is 5.58. The third kappa shape index (κ3) is 3.87. The summed E-state index contributed by atoms with van der Waals surface area (Å²) in [4.78, 5) is 11.4. The number of hydrogen-bond acceptors (Lipinski definition) is 5. The van der Waals surface area contributed by atoms with Crippen molar-refractivity contribution >= 4 is 28.9 Å². The lowest BCUT2D eigenvalue weighted by Gasteiger charge is -1.98. The van der Waals surface area contributed by atoms with Crippen LogP contribution in [0.1, 0.15) is 20.4 Å². The van der Waals surface area contributed by atoms with E-state index in [9.17, 15) is 4.79 Å². The number of carbonyl (C=O) groups excluding carboxylic acids is 1. The lowest BCUT2D eigenvalue weighted by atomic mass is 10.1. The van der Waals surface area contributed by atoms with Gasteiger partial charge in [0.05, 0.1) is 6.26 Å². The number of rotatable bonds is 5. The molecule has 0 unspecified atom stereocenters. The number of ether oxygens (including phenoxy) is 1. The van der Waals surface area contributed by atoms with Crippen molar-refractivity contribution < 1.29 is 9.53 Å². The molecule has 0 aliphatic rings. The topological polar surface area (TPSA) is 52.1 Å².